The lowest BCUT2D eigenvalue weighted by atomic mass is 9.82. The van der Waals surface area contributed by atoms with Crippen molar-refractivity contribution in [3.05, 3.63) is 35.6 Å². The van der Waals surface area contributed by atoms with E-state index in [1.807, 2.05) is 12.1 Å². The Morgan fingerprint density at radius 1 is 1.30 bits per heavy atom. The van der Waals surface area contributed by atoms with Gasteiger partial charge in [0.2, 0.25) is 0 Å². The molecule has 0 spiro atoms. The lowest BCUT2D eigenvalue weighted by molar-refractivity contribution is 0.258. The van der Waals surface area contributed by atoms with E-state index in [2.05, 4.69) is 43.9 Å². The minimum Gasteiger partial charge on any atom is -0.309 e. The Bertz CT molecular complexity index is 424. The van der Waals surface area contributed by atoms with Gasteiger partial charge in [-0.15, -0.1) is 0 Å². The lowest BCUT2D eigenvalue weighted by Gasteiger charge is -2.33. The first-order chi connectivity index (χ1) is 9.38. The molecule has 0 bridgehead atoms. The van der Waals surface area contributed by atoms with E-state index in [1.165, 1.54) is 12.1 Å². The molecule has 3 unspecified atom stereocenters. The van der Waals surface area contributed by atoms with Gasteiger partial charge in [-0.25, -0.2) is 4.39 Å². The zero-order valence-electron chi connectivity index (χ0n) is 12.8. The summed E-state index contributed by atoms with van der Waals surface area (Å²) in [6.07, 6.45) is 0. The molecule has 1 heterocycles. The van der Waals surface area contributed by atoms with Gasteiger partial charge in [0.05, 0.1) is 0 Å². The van der Waals surface area contributed by atoms with Gasteiger partial charge >= 0.3 is 0 Å². The summed E-state index contributed by atoms with van der Waals surface area (Å²) >= 11 is 0. The van der Waals surface area contributed by atoms with Crippen LogP contribution in [-0.4, -0.2) is 19.1 Å². The predicted octanol–water partition coefficient (Wildman–Crippen LogP) is 2.62. The van der Waals surface area contributed by atoms with Crippen LogP contribution >= 0.6 is 0 Å². The Hall–Kier alpha value is -0.970. The quantitative estimate of drug-likeness (QED) is 0.793. The molecule has 112 valence electrons. The molecule has 20 heavy (non-hydrogen) atoms. The highest BCUT2D eigenvalue weighted by Gasteiger charge is 2.29. The summed E-state index contributed by atoms with van der Waals surface area (Å²) in [5, 5.41) is 3.67. The topological polar surface area (TPSA) is 36.1 Å². The number of nitrogens with one attached hydrogen (secondary N) is 3. The maximum absolute atomic E-state index is 13.1. The fraction of sp³-hybridized carbons (Fsp3) is 0.625. The number of hydrazine groups is 1. The minimum absolute atomic E-state index is 0.0839. The van der Waals surface area contributed by atoms with Crippen LogP contribution in [0.3, 0.4) is 0 Å². The van der Waals surface area contributed by atoms with Gasteiger partial charge < -0.3 is 5.32 Å². The summed E-state index contributed by atoms with van der Waals surface area (Å²) in [4.78, 5) is 0. The third-order valence-electron chi connectivity index (χ3n) is 4.05. The first-order valence-electron chi connectivity index (χ1n) is 7.35. The molecule has 1 aromatic carbocycles. The van der Waals surface area contributed by atoms with Crippen molar-refractivity contribution in [3.8, 4) is 0 Å². The van der Waals surface area contributed by atoms with E-state index >= 15 is 0 Å². The molecule has 2 rings (SSSR count). The van der Waals surface area contributed by atoms with Gasteiger partial charge in [0.25, 0.3) is 0 Å². The molecule has 0 aliphatic carbocycles. The van der Waals surface area contributed by atoms with Crippen LogP contribution in [0.2, 0.25) is 0 Å². The number of rotatable bonds is 4. The molecule has 0 amide bonds. The Balaban J connectivity index is 2.06. The average Bonchev–Trinajstić information content (AvgIpc) is 2.76. The molecule has 0 saturated carbocycles. The van der Waals surface area contributed by atoms with Gasteiger partial charge in [0.15, 0.2) is 0 Å². The van der Waals surface area contributed by atoms with Gasteiger partial charge in [0, 0.05) is 31.1 Å². The number of hydrogen-bond acceptors (Lipinski definition) is 3. The molecule has 3 atom stereocenters. The Kier molecular flexibility index (Phi) is 4.78. The third-order valence-corrected chi connectivity index (χ3v) is 4.05. The summed E-state index contributed by atoms with van der Waals surface area (Å²) < 4.78 is 13.1. The Morgan fingerprint density at radius 3 is 2.45 bits per heavy atom. The van der Waals surface area contributed by atoms with Crippen molar-refractivity contribution in [1.29, 1.82) is 0 Å². The molecular weight excluding hydrogens is 253 g/mol. The van der Waals surface area contributed by atoms with Crippen molar-refractivity contribution >= 4 is 0 Å². The molecule has 1 saturated heterocycles. The van der Waals surface area contributed by atoms with Crippen LogP contribution in [-0.2, 0) is 0 Å². The van der Waals surface area contributed by atoms with E-state index < -0.39 is 0 Å². The second-order valence-corrected chi connectivity index (χ2v) is 6.83. The second kappa shape index (κ2) is 6.20. The third kappa shape index (κ3) is 3.78. The predicted molar refractivity (Wildman–Crippen MR) is 80.7 cm³/mol. The Labute approximate surface area is 121 Å². The summed E-state index contributed by atoms with van der Waals surface area (Å²) in [5.74, 6) is 0.388. The van der Waals surface area contributed by atoms with Crippen LogP contribution in [0.25, 0.3) is 0 Å². The van der Waals surface area contributed by atoms with Gasteiger partial charge in [-0.2, -0.15) is 0 Å². The molecule has 3 N–H and O–H groups in total. The highest BCUT2D eigenvalue weighted by molar-refractivity contribution is 5.21. The number of halogens is 1. The maximum atomic E-state index is 13.1. The maximum Gasteiger partial charge on any atom is 0.123 e. The van der Waals surface area contributed by atoms with Crippen molar-refractivity contribution in [2.45, 2.75) is 39.8 Å². The van der Waals surface area contributed by atoms with Crippen LogP contribution < -0.4 is 16.2 Å². The van der Waals surface area contributed by atoms with Crippen LogP contribution in [0, 0.1) is 17.2 Å². The molecule has 0 radical (unpaired) electrons. The molecule has 1 aliphatic rings. The van der Waals surface area contributed by atoms with Crippen molar-refractivity contribution in [1.82, 2.24) is 16.2 Å². The SMILES string of the molecule is CC1NNCC1CNC(c1ccc(F)cc1)C(C)(C)C. The zero-order chi connectivity index (χ0) is 14.8. The monoisotopic (exact) mass is 279 g/mol. The van der Waals surface area contributed by atoms with Crippen molar-refractivity contribution in [2.24, 2.45) is 11.3 Å². The van der Waals surface area contributed by atoms with E-state index in [-0.39, 0.29) is 17.3 Å². The van der Waals surface area contributed by atoms with Crippen molar-refractivity contribution in [2.75, 3.05) is 13.1 Å². The van der Waals surface area contributed by atoms with Gasteiger partial charge in [0.1, 0.15) is 5.82 Å². The van der Waals surface area contributed by atoms with E-state index in [0.29, 0.717) is 12.0 Å². The van der Waals surface area contributed by atoms with Crippen molar-refractivity contribution in [3.63, 3.8) is 0 Å². The molecule has 1 fully saturated rings. The van der Waals surface area contributed by atoms with Gasteiger partial charge in [-0.05, 0) is 30.0 Å². The first kappa shape index (κ1) is 15.4. The summed E-state index contributed by atoms with van der Waals surface area (Å²) in [5.41, 5.74) is 7.66. The van der Waals surface area contributed by atoms with Gasteiger partial charge in [-0.1, -0.05) is 32.9 Å². The van der Waals surface area contributed by atoms with E-state index in [9.17, 15) is 4.39 Å². The molecule has 0 aromatic heterocycles. The van der Waals surface area contributed by atoms with Crippen LogP contribution in [0.15, 0.2) is 24.3 Å². The largest absolute Gasteiger partial charge is 0.309 e. The standard InChI is InChI=1S/C16H26FN3/c1-11-13(10-19-20-11)9-18-15(16(2,3)4)12-5-7-14(17)8-6-12/h5-8,11,13,15,18-20H,9-10H2,1-4H3. The molecular formula is C16H26FN3. The van der Waals surface area contributed by atoms with E-state index in [0.717, 1.165) is 18.7 Å². The van der Waals surface area contributed by atoms with E-state index in [4.69, 9.17) is 0 Å². The normalized spacial score (nSPS) is 24.9. The fourth-order valence-electron chi connectivity index (χ4n) is 2.74. The highest BCUT2D eigenvalue weighted by atomic mass is 19.1. The molecule has 1 aromatic rings. The minimum atomic E-state index is -0.181. The van der Waals surface area contributed by atoms with Crippen molar-refractivity contribution < 1.29 is 4.39 Å². The second-order valence-electron chi connectivity index (χ2n) is 6.83. The molecule has 1 aliphatic heterocycles. The summed E-state index contributed by atoms with van der Waals surface area (Å²) in [6, 6.07) is 7.53. The molecule has 4 heteroatoms. The van der Waals surface area contributed by atoms with Gasteiger partial charge in [-0.3, -0.25) is 10.9 Å². The average molecular weight is 279 g/mol. The molecule has 3 nitrogen and oxygen atoms in total. The highest BCUT2D eigenvalue weighted by Crippen LogP contribution is 2.33. The zero-order valence-corrected chi connectivity index (χ0v) is 12.8. The Morgan fingerprint density at radius 2 is 1.95 bits per heavy atom. The summed E-state index contributed by atoms with van der Waals surface area (Å²) in [6.45, 7) is 10.7. The van der Waals surface area contributed by atoms with Crippen LogP contribution in [0.1, 0.15) is 39.3 Å². The smallest absolute Gasteiger partial charge is 0.123 e. The fourth-order valence-corrected chi connectivity index (χ4v) is 2.74. The first-order valence-corrected chi connectivity index (χ1v) is 7.35. The lowest BCUT2D eigenvalue weighted by Crippen LogP contribution is -2.38. The van der Waals surface area contributed by atoms with E-state index in [1.54, 1.807) is 0 Å². The number of benzene rings is 1. The number of hydrogen-bond donors (Lipinski definition) is 3. The van der Waals surface area contributed by atoms with Crippen LogP contribution in [0.5, 0.6) is 0 Å². The summed E-state index contributed by atoms with van der Waals surface area (Å²) in [7, 11) is 0. The van der Waals surface area contributed by atoms with Crippen LogP contribution in [0.4, 0.5) is 4.39 Å².